The number of nitrogens with zero attached hydrogens (tertiary/aromatic N) is 1. The van der Waals surface area contributed by atoms with E-state index in [1.165, 1.54) is 19.3 Å². The lowest BCUT2D eigenvalue weighted by Gasteiger charge is -2.18. The molecule has 1 N–H and O–H groups in total. The summed E-state index contributed by atoms with van der Waals surface area (Å²) in [4.78, 5) is 2.41. The zero-order chi connectivity index (χ0) is 11.1. The van der Waals surface area contributed by atoms with Crippen LogP contribution in [-0.2, 0) is 4.74 Å². The fourth-order valence-corrected chi connectivity index (χ4v) is 1.64. The van der Waals surface area contributed by atoms with Crippen LogP contribution in [0.15, 0.2) is 0 Å². The summed E-state index contributed by atoms with van der Waals surface area (Å²) in [5.41, 5.74) is 0. The van der Waals surface area contributed by atoms with Crippen LogP contribution in [0.4, 0.5) is 0 Å². The highest BCUT2D eigenvalue weighted by Crippen LogP contribution is 2.24. The highest BCUT2D eigenvalue weighted by molar-refractivity contribution is 4.82. The first-order chi connectivity index (χ1) is 7.24. The average molecular weight is 214 g/mol. The number of rotatable bonds is 9. The first-order valence-corrected chi connectivity index (χ1v) is 6.26. The molecule has 0 amide bonds. The van der Waals surface area contributed by atoms with Crippen LogP contribution in [0.3, 0.4) is 0 Å². The number of ether oxygens (including phenoxy) is 1. The Morgan fingerprint density at radius 2 is 2.20 bits per heavy atom. The molecule has 0 aromatic carbocycles. The van der Waals surface area contributed by atoms with Gasteiger partial charge in [-0.3, -0.25) is 0 Å². The third kappa shape index (κ3) is 6.13. The molecule has 15 heavy (non-hydrogen) atoms. The minimum absolute atomic E-state index is 0.337. The van der Waals surface area contributed by atoms with E-state index in [4.69, 9.17) is 4.74 Å². The van der Waals surface area contributed by atoms with Crippen molar-refractivity contribution in [2.75, 3.05) is 33.3 Å². The second-order valence-corrected chi connectivity index (χ2v) is 4.60. The Balaban J connectivity index is 1.89. The molecule has 0 saturated heterocycles. The minimum Gasteiger partial charge on any atom is -0.376 e. The van der Waals surface area contributed by atoms with Crippen molar-refractivity contribution in [2.24, 2.45) is 0 Å². The first-order valence-electron chi connectivity index (χ1n) is 6.26. The zero-order valence-electron chi connectivity index (χ0n) is 10.5. The Bertz CT molecular complexity index is 160. The van der Waals surface area contributed by atoms with Crippen LogP contribution in [0, 0.1) is 0 Å². The third-order valence-corrected chi connectivity index (χ3v) is 2.88. The molecule has 0 spiro atoms. The van der Waals surface area contributed by atoms with Crippen LogP contribution in [-0.4, -0.2) is 50.3 Å². The summed E-state index contributed by atoms with van der Waals surface area (Å²) in [7, 11) is 2.20. The van der Waals surface area contributed by atoms with Crippen LogP contribution in [0.2, 0.25) is 0 Å². The standard InChI is InChI=1S/C12H26N2O/c1-4-7-13-10-11(2)15-9-8-14(3)12-5-6-12/h11-13H,4-10H2,1-3H3. The lowest BCUT2D eigenvalue weighted by atomic mass is 10.4. The van der Waals surface area contributed by atoms with E-state index in [-0.39, 0.29) is 0 Å². The zero-order valence-corrected chi connectivity index (χ0v) is 10.5. The Labute approximate surface area is 94.2 Å². The molecule has 1 rings (SSSR count). The van der Waals surface area contributed by atoms with Gasteiger partial charge in [-0.05, 0) is 39.8 Å². The van der Waals surface area contributed by atoms with E-state index < -0.39 is 0 Å². The van der Waals surface area contributed by atoms with Gasteiger partial charge in [-0.2, -0.15) is 0 Å². The minimum atomic E-state index is 0.337. The molecule has 3 heteroatoms. The molecular weight excluding hydrogens is 188 g/mol. The van der Waals surface area contributed by atoms with E-state index in [2.05, 4.69) is 31.1 Å². The maximum Gasteiger partial charge on any atom is 0.0672 e. The summed E-state index contributed by atoms with van der Waals surface area (Å²) in [6.45, 7) is 8.32. The molecule has 0 radical (unpaired) electrons. The molecule has 0 aromatic rings. The van der Waals surface area contributed by atoms with Crippen molar-refractivity contribution in [3.8, 4) is 0 Å². The monoisotopic (exact) mass is 214 g/mol. The molecule has 90 valence electrons. The second-order valence-electron chi connectivity index (χ2n) is 4.60. The van der Waals surface area contributed by atoms with Gasteiger partial charge in [0.1, 0.15) is 0 Å². The second kappa shape index (κ2) is 7.20. The van der Waals surface area contributed by atoms with Crippen LogP contribution < -0.4 is 5.32 Å². The first kappa shape index (κ1) is 12.9. The molecule has 1 unspecified atom stereocenters. The van der Waals surface area contributed by atoms with Crippen molar-refractivity contribution in [1.29, 1.82) is 0 Å². The number of nitrogens with one attached hydrogen (secondary N) is 1. The van der Waals surface area contributed by atoms with Gasteiger partial charge < -0.3 is 15.0 Å². The smallest absolute Gasteiger partial charge is 0.0672 e. The Kier molecular flexibility index (Phi) is 6.22. The van der Waals surface area contributed by atoms with Gasteiger partial charge >= 0.3 is 0 Å². The lowest BCUT2D eigenvalue weighted by molar-refractivity contribution is 0.0516. The molecule has 1 aliphatic rings. The van der Waals surface area contributed by atoms with E-state index in [0.717, 1.165) is 32.3 Å². The SMILES string of the molecule is CCCNCC(C)OCCN(C)C1CC1. The van der Waals surface area contributed by atoms with Gasteiger partial charge in [0.15, 0.2) is 0 Å². The molecule has 1 fully saturated rings. The van der Waals surface area contributed by atoms with Crippen molar-refractivity contribution in [3.05, 3.63) is 0 Å². The summed E-state index contributed by atoms with van der Waals surface area (Å²) >= 11 is 0. The molecule has 1 aliphatic carbocycles. The predicted molar refractivity (Wildman–Crippen MR) is 64.2 cm³/mol. The maximum atomic E-state index is 5.73. The van der Waals surface area contributed by atoms with Gasteiger partial charge in [0, 0.05) is 19.1 Å². The quantitative estimate of drug-likeness (QED) is 0.589. The third-order valence-electron chi connectivity index (χ3n) is 2.88. The van der Waals surface area contributed by atoms with Crippen molar-refractivity contribution in [3.63, 3.8) is 0 Å². The van der Waals surface area contributed by atoms with Gasteiger partial charge in [-0.25, -0.2) is 0 Å². The molecule has 0 aromatic heterocycles. The van der Waals surface area contributed by atoms with Gasteiger partial charge in [0.2, 0.25) is 0 Å². The van der Waals surface area contributed by atoms with E-state index in [1.807, 2.05) is 0 Å². The predicted octanol–water partition coefficient (Wildman–Crippen LogP) is 1.49. The van der Waals surface area contributed by atoms with Crippen LogP contribution >= 0.6 is 0 Å². The van der Waals surface area contributed by atoms with Gasteiger partial charge in [0.25, 0.3) is 0 Å². The van der Waals surface area contributed by atoms with Crippen molar-refractivity contribution in [1.82, 2.24) is 10.2 Å². The summed E-state index contributed by atoms with van der Waals surface area (Å²) in [6.07, 6.45) is 4.29. The summed E-state index contributed by atoms with van der Waals surface area (Å²) < 4.78 is 5.73. The lowest BCUT2D eigenvalue weighted by Crippen LogP contribution is -2.31. The Morgan fingerprint density at radius 1 is 1.47 bits per heavy atom. The summed E-state index contributed by atoms with van der Waals surface area (Å²) in [5, 5.41) is 3.37. The van der Waals surface area contributed by atoms with Gasteiger partial charge in [-0.1, -0.05) is 6.92 Å². The summed E-state index contributed by atoms with van der Waals surface area (Å²) in [6, 6.07) is 0.849. The fraction of sp³-hybridized carbons (Fsp3) is 1.00. The van der Waals surface area contributed by atoms with Crippen molar-refractivity contribution in [2.45, 2.75) is 45.3 Å². The molecule has 1 atom stereocenters. The molecule has 1 saturated carbocycles. The summed E-state index contributed by atoms with van der Waals surface area (Å²) in [5.74, 6) is 0. The van der Waals surface area contributed by atoms with Crippen LogP contribution in [0.1, 0.15) is 33.1 Å². The van der Waals surface area contributed by atoms with E-state index in [9.17, 15) is 0 Å². The number of hydrogen-bond donors (Lipinski definition) is 1. The molecule has 3 nitrogen and oxygen atoms in total. The van der Waals surface area contributed by atoms with Crippen LogP contribution in [0.25, 0.3) is 0 Å². The fourth-order valence-electron chi connectivity index (χ4n) is 1.64. The molecular formula is C12H26N2O. The maximum absolute atomic E-state index is 5.73. The Hall–Kier alpha value is -0.120. The average Bonchev–Trinajstić information content (AvgIpc) is 3.01. The van der Waals surface area contributed by atoms with Crippen molar-refractivity contribution < 1.29 is 4.74 Å². The topological polar surface area (TPSA) is 24.5 Å². The Morgan fingerprint density at radius 3 is 2.80 bits per heavy atom. The van der Waals surface area contributed by atoms with Crippen LogP contribution in [0.5, 0.6) is 0 Å². The molecule has 0 aliphatic heterocycles. The molecule has 0 heterocycles. The number of likely N-dealkylation sites (N-methyl/N-ethyl adjacent to an activating group) is 1. The normalized spacial score (nSPS) is 18.4. The van der Waals surface area contributed by atoms with E-state index in [1.54, 1.807) is 0 Å². The van der Waals surface area contributed by atoms with Crippen molar-refractivity contribution >= 4 is 0 Å². The highest BCUT2D eigenvalue weighted by atomic mass is 16.5. The van der Waals surface area contributed by atoms with E-state index >= 15 is 0 Å². The number of hydrogen-bond acceptors (Lipinski definition) is 3. The largest absolute Gasteiger partial charge is 0.376 e. The highest BCUT2D eigenvalue weighted by Gasteiger charge is 2.25. The molecule has 0 bridgehead atoms. The van der Waals surface area contributed by atoms with E-state index in [0.29, 0.717) is 6.10 Å². The van der Waals surface area contributed by atoms with Gasteiger partial charge in [0.05, 0.1) is 12.7 Å². The van der Waals surface area contributed by atoms with Gasteiger partial charge in [-0.15, -0.1) is 0 Å².